The van der Waals surface area contributed by atoms with Crippen LogP contribution in [0.4, 0.5) is 0 Å². The van der Waals surface area contributed by atoms with Gasteiger partial charge in [0, 0.05) is 13.0 Å². The number of rotatable bonds is 6. The van der Waals surface area contributed by atoms with Crippen LogP contribution >= 0.6 is 0 Å². The average Bonchev–Trinajstić information content (AvgIpc) is 2.38. The van der Waals surface area contributed by atoms with Crippen LogP contribution < -0.4 is 20.5 Å². The minimum absolute atomic E-state index is 0.00785. The van der Waals surface area contributed by atoms with Crippen LogP contribution in [0.3, 0.4) is 0 Å². The summed E-state index contributed by atoms with van der Waals surface area (Å²) in [6, 6.07) is 7.63. The molecule has 1 aromatic rings. The summed E-state index contributed by atoms with van der Waals surface area (Å²) in [7, 11) is 0. The number of nitrogens with one attached hydrogen (secondary N) is 1. The van der Waals surface area contributed by atoms with Crippen LogP contribution in [0, 0.1) is 0 Å². The number of carbonyl (C=O) groups is 1. The van der Waals surface area contributed by atoms with Gasteiger partial charge in [-0.3, -0.25) is 4.79 Å². The molecule has 1 unspecified atom stereocenters. The standard InChI is InChI=1S/C13H18N2O3/c14-13(16)6-3-7-15-8-10-9-17-11-4-1-2-5-12(11)18-10/h1-2,4-5,10,15H,3,6-9H2,(H2,14,16). The first-order valence-corrected chi connectivity index (χ1v) is 6.13. The fourth-order valence-corrected chi connectivity index (χ4v) is 1.81. The SMILES string of the molecule is NC(=O)CCCNCC1COc2ccccc2O1. The Kier molecular flexibility index (Phi) is 4.41. The molecule has 1 aromatic carbocycles. The second-order valence-electron chi connectivity index (χ2n) is 4.27. The van der Waals surface area contributed by atoms with Crippen LogP contribution in [0.25, 0.3) is 0 Å². The van der Waals surface area contributed by atoms with Gasteiger partial charge in [0.15, 0.2) is 11.5 Å². The number of fused-ring (bicyclic) bond motifs is 1. The van der Waals surface area contributed by atoms with E-state index in [4.69, 9.17) is 15.2 Å². The predicted octanol–water partition coefficient (Wildman–Crippen LogP) is 0.682. The Bertz CT molecular complexity index is 409. The van der Waals surface area contributed by atoms with Crippen molar-refractivity contribution >= 4 is 5.91 Å². The Morgan fingerprint density at radius 1 is 1.39 bits per heavy atom. The maximum Gasteiger partial charge on any atom is 0.217 e. The van der Waals surface area contributed by atoms with E-state index in [0.717, 1.165) is 24.5 Å². The van der Waals surface area contributed by atoms with E-state index in [-0.39, 0.29) is 12.0 Å². The Labute approximate surface area is 106 Å². The van der Waals surface area contributed by atoms with Gasteiger partial charge in [-0.2, -0.15) is 0 Å². The Balaban J connectivity index is 1.68. The first kappa shape index (κ1) is 12.7. The molecule has 1 heterocycles. The minimum atomic E-state index is -0.261. The molecule has 98 valence electrons. The predicted molar refractivity (Wildman–Crippen MR) is 67.7 cm³/mol. The Morgan fingerprint density at radius 2 is 2.17 bits per heavy atom. The zero-order valence-corrected chi connectivity index (χ0v) is 10.2. The number of hydrogen-bond acceptors (Lipinski definition) is 4. The number of benzene rings is 1. The maximum atomic E-state index is 10.6. The van der Waals surface area contributed by atoms with E-state index in [9.17, 15) is 4.79 Å². The van der Waals surface area contributed by atoms with Gasteiger partial charge >= 0.3 is 0 Å². The van der Waals surface area contributed by atoms with Gasteiger partial charge in [-0.25, -0.2) is 0 Å². The van der Waals surface area contributed by atoms with Crippen molar-refractivity contribution in [3.63, 3.8) is 0 Å². The molecular formula is C13H18N2O3. The average molecular weight is 250 g/mol. The number of nitrogens with two attached hydrogens (primary N) is 1. The lowest BCUT2D eigenvalue weighted by Gasteiger charge is -2.26. The maximum absolute atomic E-state index is 10.6. The molecule has 1 atom stereocenters. The summed E-state index contributed by atoms with van der Waals surface area (Å²) in [5, 5.41) is 3.23. The number of ether oxygens (including phenoxy) is 2. The summed E-state index contributed by atoms with van der Waals surface area (Å²) < 4.78 is 11.4. The van der Waals surface area contributed by atoms with Gasteiger partial charge in [0.05, 0.1) is 0 Å². The first-order chi connectivity index (χ1) is 8.75. The lowest BCUT2D eigenvalue weighted by Crippen LogP contribution is -2.38. The summed E-state index contributed by atoms with van der Waals surface area (Å²) >= 11 is 0. The first-order valence-electron chi connectivity index (χ1n) is 6.13. The highest BCUT2D eigenvalue weighted by molar-refractivity contribution is 5.73. The van der Waals surface area contributed by atoms with Crippen LogP contribution in [0.5, 0.6) is 11.5 Å². The van der Waals surface area contributed by atoms with Gasteiger partial charge < -0.3 is 20.5 Å². The summed E-state index contributed by atoms with van der Waals surface area (Å²) in [5.74, 6) is 1.32. The quantitative estimate of drug-likeness (QED) is 0.728. The number of amides is 1. The van der Waals surface area contributed by atoms with Crippen LogP contribution in [0.1, 0.15) is 12.8 Å². The molecule has 0 fully saturated rings. The molecule has 1 aliphatic heterocycles. The van der Waals surface area contributed by atoms with Crippen molar-refractivity contribution in [2.45, 2.75) is 18.9 Å². The van der Waals surface area contributed by atoms with E-state index in [1.54, 1.807) is 0 Å². The summed E-state index contributed by atoms with van der Waals surface area (Å²) in [6.07, 6.45) is 1.17. The normalized spacial score (nSPS) is 17.4. The van der Waals surface area contributed by atoms with E-state index < -0.39 is 0 Å². The van der Waals surface area contributed by atoms with Crippen molar-refractivity contribution in [3.05, 3.63) is 24.3 Å². The van der Waals surface area contributed by atoms with E-state index in [0.29, 0.717) is 19.6 Å². The molecule has 0 bridgehead atoms. The highest BCUT2D eigenvalue weighted by Crippen LogP contribution is 2.30. The Morgan fingerprint density at radius 3 is 2.94 bits per heavy atom. The number of para-hydroxylation sites is 2. The fourth-order valence-electron chi connectivity index (χ4n) is 1.81. The van der Waals surface area contributed by atoms with Gasteiger partial charge in [-0.05, 0) is 25.1 Å². The lowest BCUT2D eigenvalue weighted by atomic mass is 10.2. The Hall–Kier alpha value is -1.75. The molecule has 1 amide bonds. The molecular weight excluding hydrogens is 232 g/mol. The van der Waals surface area contributed by atoms with Crippen molar-refractivity contribution in [2.24, 2.45) is 5.73 Å². The third-order valence-corrected chi connectivity index (χ3v) is 2.72. The van der Waals surface area contributed by atoms with Crippen LogP contribution in [0.2, 0.25) is 0 Å². The smallest absolute Gasteiger partial charge is 0.217 e. The van der Waals surface area contributed by atoms with Crippen molar-refractivity contribution in [1.29, 1.82) is 0 Å². The number of primary amides is 1. The minimum Gasteiger partial charge on any atom is -0.486 e. The monoisotopic (exact) mass is 250 g/mol. The molecule has 1 aliphatic rings. The largest absolute Gasteiger partial charge is 0.486 e. The number of carbonyl (C=O) groups excluding carboxylic acids is 1. The molecule has 5 nitrogen and oxygen atoms in total. The van der Waals surface area contributed by atoms with Gasteiger partial charge in [0.1, 0.15) is 12.7 Å². The molecule has 0 saturated carbocycles. The molecule has 18 heavy (non-hydrogen) atoms. The third kappa shape index (κ3) is 3.63. The van der Waals surface area contributed by atoms with Gasteiger partial charge in [-0.1, -0.05) is 12.1 Å². The van der Waals surface area contributed by atoms with Gasteiger partial charge in [0.2, 0.25) is 5.91 Å². The molecule has 0 saturated heterocycles. The molecule has 5 heteroatoms. The van der Waals surface area contributed by atoms with Gasteiger partial charge in [-0.15, -0.1) is 0 Å². The summed E-state index contributed by atoms with van der Waals surface area (Å²) in [5.41, 5.74) is 5.06. The topological polar surface area (TPSA) is 73.6 Å². The van der Waals surface area contributed by atoms with Crippen LogP contribution in [-0.2, 0) is 4.79 Å². The van der Waals surface area contributed by atoms with Crippen molar-refractivity contribution in [1.82, 2.24) is 5.32 Å². The zero-order valence-electron chi connectivity index (χ0n) is 10.2. The molecule has 0 aliphatic carbocycles. The second kappa shape index (κ2) is 6.26. The number of hydrogen-bond donors (Lipinski definition) is 2. The van der Waals surface area contributed by atoms with E-state index >= 15 is 0 Å². The summed E-state index contributed by atoms with van der Waals surface area (Å²) in [6.45, 7) is 2.00. The zero-order chi connectivity index (χ0) is 12.8. The summed E-state index contributed by atoms with van der Waals surface area (Å²) in [4.78, 5) is 10.6. The van der Waals surface area contributed by atoms with E-state index in [2.05, 4.69) is 5.32 Å². The molecule has 2 rings (SSSR count). The lowest BCUT2D eigenvalue weighted by molar-refractivity contribution is -0.118. The van der Waals surface area contributed by atoms with Crippen LogP contribution in [-0.4, -0.2) is 31.7 Å². The molecule has 0 radical (unpaired) electrons. The van der Waals surface area contributed by atoms with Gasteiger partial charge in [0.25, 0.3) is 0 Å². The van der Waals surface area contributed by atoms with Crippen molar-refractivity contribution < 1.29 is 14.3 Å². The highest BCUT2D eigenvalue weighted by atomic mass is 16.6. The van der Waals surface area contributed by atoms with Crippen LogP contribution in [0.15, 0.2) is 24.3 Å². The van der Waals surface area contributed by atoms with E-state index in [1.165, 1.54) is 0 Å². The molecule has 0 spiro atoms. The third-order valence-electron chi connectivity index (χ3n) is 2.72. The van der Waals surface area contributed by atoms with E-state index in [1.807, 2.05) is 24.3 Å². The fraction of sp³-hybridized carbons (Fsp3) is 0.462. The van der Waals surface area contributed by atoms with Crippen molar-refractivity contribution in [2.75, 3.05) is 19.7 Å². The second-order valence-corrected chi connectivity index (χ2v) is 4.27. The molecule has 3 N–H and O–H groups in total. The highest BCUT2D eigenvalue weighted by Gasteiger charge is 2.19. The molecule has 0 aromatic heterocycles. The van der Waals surface area contributed by atoms with Crippen molar-refractivity contribution in [3.8, 4) is 11.5 Å².